The predicted molar refractivity (Wildman–Crippen MR) is 84.9 cm³/mol. The highest BCUT2D eigenvalue weighted by molar-refractivity contribution is 5.87. The van der Waals surface area contributed by atoms with Gasteiger partial charge in [-0.15, -0.1) is 0 Å². The van der Waals surface area contributed by atoms with E-state index in [4.69, 9.17) is 0 Å². The molecule has 1 aromatic rings. The number of hydrogen-bond donors (Lipinski definition) is 0. The van der Waals surface area contributed by atoms with Crippen molar-refractivity contribution in [2.45, 2.75) is 57.7 Å². The van der Waals surface area contributed by atoms with Crippen molar-refractivity contribution in [3.05, 3.63) is 35.6 Å². The van der Waals surface area contributed by atoms with Crippen molar-refractivity contribution in [1.82, 2.24) is 9.80 Å². The average molecular weight is 304 g/mol. The lowest BCUT2D eigenvalue weighted by Gasteiger charge is -2.46. The molecule has 0 aliphatic carbocycles. The molecule has 22 heavy (non-hydrogen) atoms. The van der Waals surface area contributed by atoms with Crippen molar-refractivity contribution in [3.8, 4) is 0 Å². The van der Waals surface area contributed by atoms with Crippen molar-refractivity contribution in [2.24, 2.45) is 0 Å². The Hall–Kier alpha value is -1.42. The van der Waals surface area contributed by atoms with Gasteiger partial charge in [-0.1, -0.05) is 12.1 Å². The molecule has 2 aliphatic heterocycles. The maximum atomic E-state index is 13.1. The van der Waals surface area contributed by atoms with Gasteiger partial charge in [-0.25, -0.2) is 4.39 Å². The van der Waals surface area contributed by atoms with E-state index in [1.807, 2.05) is 17.0 Å². The molecule has 1 amide bonds. The minimum atomic E-state index is -0.323. The maximum Gasteiger partial charge on any atom is 0.243 e. The maximum absolute atomic E-state index is 13.1. The minimum Gasteiger partial charge on any atom is -0.339 e. The summed E-state index contributed by atoms with van der Waals surface area (Å²) < 4.78 is 13.1. The largest absolute Gasteiger partial charge is 0.339 e. The Morgan fingerprint density at radius 2 is 1.77 bits per heavy atom. The number of likely N-dealkylation sites (tertiary alicyclic amines) is 2. The molecule has 3 nitrogen and oxygen atoms in total. The average Bonchev–Trinajstić information content (AvgIpc) is 2.88. The summed E-state index contributed by atoms with van der Waals surface area (Å²) >= 11 is 0. The molecule has 3 rings (SSSR count). The molecular formula is C18H25FN2O. The molecule has 1 unspecified atom stereocenters. The lowest BCUT2D eigenvalue weighted by atomic mass is 9.84. The zero-order chi connectivity index (χ0) is 15.7. The van der Waals surface area contributed by atoms with Crippen LogP contribution in [0.15, 0.2) is 24.3 Å². The number of piperidine rings is 1. The Morgan fingerprint density at radius 3 is 2.41 bits per heavy atom. The molecule has 2 fully saturated rings. The zero-order valence-corrected chi connectivity index (χ0v) is 13.5. The SMILES string of the molecule is CC(C)N1CCCC2(CCCN2Cc2ccc(F)cc2)C1=O. The first-order chi connectivity index (χ1) is 10.5. The van der Waals surface area contributed by atoms with Crippen LogP contribution in [0.25, 0.3) is 0 Å². The van der Waals surface area contributed by atoms with Crippen molar-refractivity contribution in [1.29, 1.82) is 0 Å². The number of hydrogen-bond acceptors (Lipinski definition) is 2. The van der Waals surface area contributed by atoms with Gasteiger partial charge in [-0.3, -0.25) is 9.69 Å². The molecule has 1 aromatic carbocycles. The van der Waals surface area contributed by atoms with Crippen LogP contribution in [0, 0.1) is 5.82 Å². The van der Waals surface area contributed by atoms with E-state index in [0.717, 1.165) is 50.9 Å². The second kappa shape index (κ2) is 5.99. The monoisotopic (exact) mass is 304 g/mol. The van der Waals surface area contributed by atoms with Crippen molar-refractivity contribution in [3.63, 3.8) is 0 Å². The number of rotatable bonds is 3. The second-order valence-electron chi connectivity index (χ2n) is 6.88. The summed E-state index contributed by atoms with van der Waals surface area (Å²) in [5.74, 6) is 0.0907. The lowest BCUT2D eigenvalue weighted by molar-refractivity contribution is -0.149. The van der Waals surface area contributed by atoms with Crippen molar-refractivity contribution >= 4 is 5.91 Å². The number of benzene rings is 1. The van der Waals surface area contributed by atoms with Gasteiger partial charge in [0.2, 0.25) is 5.91 Å². The van der Waals surface area contributed by atoms with Crippen LogP contribution in [-0.2, 0) is 11.3 Å². The van der Waals surface area contributed by atoms with E-state index in [-0.39, 0.29) is 17.4 Å². The third-order valence-electron chi connectivity index (χ3n) is 5.18. The molecular weight excluding hydrogens is 279 g/mol. The van der Waals surface area contributed by atoms with E-state index >= 15 is 0 Å². The van der Waals surface area contributed by atoms with Gasteiger partial charge in [-0.2, -0.15) is 0 Å². The summed E-state index contributed by atoms with van der Waals surface area (Å²) in [6.45, 7) is 6.75. The molecule has 120 valence electrons. The van der Waals surface area contributed by atoms with Crippen LogP contribution in [0.4, 0.5) is 4.39 Å². The molecule has 0 saturated carbocycles. The first-order valence-corrected chi connectivity index (χ1v) is 8.33. The predicted octanol–water partition coefficient (Wildman–Crippen LogP) is 3.19. The van der Waals surface area contributed by atoms with E-state index in [1.165, 1.54) is 12.1 Å². The Balaban J connectivity index is 1.82. The Morgan fingerprint density at radius 1 is 1.14 bits per heavy atom. The van der Waals surface area contributed by atoms with Gasteiger partial charge in [0.25, 0.3) is 0 Å². The highest BCUT2D eigenvalue weighted by Gasteiger charge is 2.50. The van der Waals surface area contributed by atoms with Crippen LogP contribution < -0.4 is 0 Å². The second-order valence-corrected chi connectivity index (χ2v) is 6.88. The molecule has 0 aromatic heterocycles. The first-order valence-electron chi connectivity index (χ1n) is 8.33. The highest BCUT2D eigenvalue weighted by atomic mass is 19.1. The third-order valence-corrected chi connectivity index (χ3v) is 5.18. The summed E-state index contributed by atoms with van der Waals surface area (Å²) in [4.78, 5) is 17.4. The first kappa shape index (κ1) is 15.5. The van der Waals surface area contributed by atoms with Crippen LogP contribution in [0.3, 0.4) is 0 Å². The Bertz CT molecular complexity index is 543. The summed E-state index contributed by atoms with van der Waals surface area (Å²) in [7, 11) is 0. The van der Waals surface area contributed by atoms with E-state index in [0.29, 0.717) is 5.91 Å². The molecule has 0 radical (unpaired) electrons. The zero-order valence-electron chi connectivity index (χ0n) is 13.5. The minimum absolute atomic E-state index is 0.209. The lowest BCUT2D eigenvalue weighted by Crippen LogP contribution is -2.61. The fourth-order valence-corrected chi connectivity index (χ4v) is 4.01. The van der Waals surface area contributed by atoms with Crippen LogP contribution in [0.2, 0.25) is 0 Å². The Labute approximate surface area is 132 Å². The van der Waals surface area contributed by atoms with Gasteiger partial charge in [0.05, 0.1) is 0 Å². The van der Waals surface area contributed by atoms with Gasteiger partial charge in [0.15, 0.2) is 0 Å². The third kappa shape index (κ3) is 2.65. The summed E-state index contributed by atoms with van der Waals surface area (Å²) in [5, 5.41) is 0. The quantitative estimate of drug-likeness (QED) is 0.856. The molecule has 2 aliphatic rings. The van der Waals surface area contributed by atoms with Gasteiger partial charge < -0.3 is 4.90 Å². The molecule has 0 N–H and O–H groups in total. The van der Waals surface area contributed by atoms with Crippen LogP contribution >= 0.6 is 0 Å². The van der Waals surface area contributed by atoms with E-state index in [2.05, 4.69) is 18.7 Å². The standard InChI is InChI=1S/C18H25FN2O/c1-14(2)21-12-4-10-18(17(21)22)9-3-11-20(18)13-15-5-7-16(19)8-6-15/h5-8,14H,3-4,9-13H2,1-2H3. The van der Waals surface area contributed by atoms with Gasteiger partial charge >= 0.3 is 0 Å². The number of halogens is 1. The molecule has 1 spiro atoms. The smallest absolute Gasteiger partial charge is 0.243 e. The molecule has 4 heteroatoms. The van der Waals surface area contributed by atoms with Gasteiger partial charge in [-0.05, 0) is 63.8 Å². The molecule has 1 atom stereocenters. The molecule has 0 bridgehead atoms. The number of nitrogens with zero attached hydrogens (tertiary/aromatic N) is 2. The number of carbonyl (C=O) groups excluding carboxylic acids is 1. The molecule has 2 heterocycles. The van der Waals surface area contributed by atoms with Crippen molar-refractivity contribution < 1.29 is 9.18 Å². The molecule has 2 saturated heterocycles. The summed E-state index contributed by atoms with van der Waals surface area (Å²) in [5.41, 5.74) is 0.758. The van der Waals surface area contributed by atoms with E-state index in [9.17, 15) is 9.18 Å². The summed E-state index contributed by atoms with van der Waals surface area (Å²) in [6.07, 6.45) is 4.05. The normalized spacial score (nSPS) is 26.4. The van der Waals surface area contributed by atoms with Crippen molar-refractivity contribution in [2.75, 3.05) is 13.1 Å². The van der Waals surface area contributed by atoms with Gasteiger partial charge in [0, 0.05) is 19.1 Å². The topological polar surface area (TPSA) is 23.6 Å². The van der Waals surface area contributed by atoms with E-state index < -0.39 is 0 Å². The van der Waals surface area contributed by atoms with Crippen LogP contribution in [0.5, 0.6) is 0 Å². The highest BCUT2D eigenvalue weighted by Crippen LogP contribution is 2.39. The van der Waals surface area contributed by atoms with Gasteiger partial charge in [0.1, 0.15) is 11.4 Å². The Kier molecular flexibility index (Phi) is 4.22. The van der Waals surface area contributed by atoms with Crippen LogP contribution in [-0.4, -0.2) is 40.4 Å². The summed E-state index contributed by atoms with van der Waals surface area (Å²) in [6, 6.07) is 6.92. The number of carbonyl (C=O) groups is 1. The fourth-order valence-electron chi connectivity index (χ4n) is 4.01. The number of amides is 1. The van der Waals surface area contributed by atoms with Crippen LogP contribution in [0.1, 0.15) is 45.1 Å². The fraction of sp³-hybridized carbons (Fsp3) is 0.611. The van der Waals surface area contributed by atoms with E-state index in [1.54, 1.807) is 0 Å².